The maximum Gasteiger partial charge on any atom is 0.416 e. The normalized spacial score (nSPS) is 11.6. The highest BCUT2D eigenvalue weighted by atomic mass is 19.4. The minimum Gasteiger partial charge on any atom is -0.349 e. The second-order valence-corrected chi connectivity index (χ2v) is 7.46. The van der Waals surface area contributed by atoms with E-state index < -0.39 is 11.7 Å². The molecule has 0 radical (unpaired) electrons. The molecule has 4 nitrogen and oxygen atoms in total. The van der Waals surface area contributed by atoms with Gasteiger partial charge in [-0.1, -0.05) is 23.8 Å². The van der Waals surface area contributed by atoms with Gasteiger partial charge in [0.15, 0.2) is 0 Å². The van der Waals surface area contributed by atoms with Crippen molar-refractivity contribution < 1.29 is 18.0 Å². The summed E-state index contributed by atoms with van der Waals surface area (Å²) in [5, 5.41) is 3.45. The second kappa shape index (κ2) is 7.91. The van der Waals surface area contributed by atoms with E-state index in [-0.39, 0.29) is 12.5 Å². The number of pyridine rings is 1. The number of benzene rings is 2. The van der Waals surface area contributed by atoms with Crippen LogP contribution in [-0.2, 0) is 19.8 Å². The quantitative estimate of drug-likeness (QED) is 0.471. The molecule has 0 bridgehead atoms. The van der Waals surface area contributed by atoms with E-state index in [1.807, 2.05) is 55.1 Å². The van der Waals surface area contributed by atoms with Gasteiger partial charge in [-0.05, 0) is 55.0 Å². The molecule has 0 aliphatic rings. The van der Waals surface area contributed by atoms with Gasteiger partial charge in [-0.15, -0.1) is 0 Å². The summed E-state index contributed by atoms with van der Waals surface area (Å²) < 4.78 is 40.8. The molecule has 0 fully saturated rings. The lowest BCUT2D eigenvalue weighted by Crippen LogP contribution is -2.23. The van der Waals surface area contributed by atoms with Crippen molar-refractivity contribution in [1.29, 1.82) is 0 Å². The van der Waals surface area contributed by atoms with Crippen LogP contribution in [0.3, 0.4) is 0 Å². The Hall–Kier alpha value is -3.61. The number of aryl methyl sites for hydroxylation is 2. The highest BCUT2D eigenvalue weighted by Gasteiger charge is 2.30. The Morgan fingerprint density at radius 2 is 1.87 bits per heavy atom. The number of nitrogens with one attached hydrogen (secondary N) is 1. The first-order chi connectivity index (χ1) is 14.7. The van der Waals surface area contributed by atoms with E-state index >= 15 is 0 Å². The molecule has 2 aromatic heterocycles. The molecule has 4 aromatic rings. The predicted molar refractivity (Wildman–Crippen MR) is 114 cm³/mol. The van der Waals surface area contributed by atoms with Crippen LogP contribution in [-0.4, -0.2) is 15.5 Å². The summed E-state index contributed by atoms with van der Waals surface area (Å²) in [7, 11) is 1.89. The molecule has 7 heteroatoms. The summed E-state index contributed by atoms with van der Waals surface area (Å²) in [5.74, 6) is -0.370. The number of hydrogen-bond donors (Lipinski definition) is 1. The average molecular weight is 423 g/mol. The zero-order chi connectivity index (χ0) is 22.2. The van der Waals surface area contributed by atoms with Crippen molar-refractivity contribution in [1.82, 2.24) is 14.9 Å². The highest BCUT2D eigenvalue weighted by Crippen LogP contribution is 2.30. The zero-order valence-corrected chi connectivity index (χ0v) is 17.0. The van der Waals surface area contributed by atoms with E-state index in [4.69, 9.17) is 4.98 Å². The van der Waals surface area contributed by atoms with Gasteiger partial charge in [-0.25, -0.2) is 4.98 Å². The predicted octanol–water partition coefficient (Wildman–Crippen LogP) is 5.50. The van der Waals surface area contributed by atoms with Gasteiger partial charge in [0.25, 0.3) is 5.91 Å². The monoisotopic (exact) mass is 423 g/mol. The number of halogens is 3. The van der Waals surface area contributed by atoms with Crippen LogP contribution in [0, 0.1) is 6.92 Å². The molecular weight excluding hydrogens is 403 g/mol. The molecule has 0 saturated carbocycles. The van der Waals surface area contributed by atoms with Crippen molar-refractivity contribution >= 4 is 16.8 Å². The third kappa shape index (κ3) is 4.30. The minimum absolute atomic E-state index is 0.0160. The Kier molecular flexibility index (Phi) is 5.27. The number of rotatable bonds is 4. The van der Waals surface area contributed by atoms with Crippen LogP contribution in [0.2, 0.25) is 0 Å². The lowest BCUT2D eigenvalue weighted by atomic mass is 10.0. The number of alkyl halides is 3. The molecule has 158 valence electrons. The Balaban J connectivity index is 1.69. The van der Waals surface area contributed by atoms with Gasteiger partial charge in [-0.2, -0.15) is 13.2 Å². The Labute approximate surface area is 177 Å². The molecule has 0 saturated heterocycles. The first-order valence-corrected chi connectivity index (χ1v) is 9.70. The van der Waals surface area contributed by atoms with Crippen molar-refractivity contribution in [3.8, 4) is 11.4 Å². The van der Waals surface area contributed by atoms with Crippen LogP contribution in [0.25, 0.3) is 22.3 Å². The van der Waals surface area contributed by atoms with Crippen LogP contribution in [0.15, 0.2) is 66.9 Å². The first kappa shape index (κ1) is 20.7. The fraction of sp³-hybridized carbons (Fsp3) is 0.167. The topological polar surface area (TPSA) is 46.9 Å². The van der Waals surface area contributed by atoms with Gasteiger partial charge < -0.3 is 9.88 Å². The summed E-state index contributed by atoms with van der Waals surface area (Å²) in [5.41, 5.74) is 3.22. The summed E-state index contributed by atoms with van der Waals surface area (Å²) >= 11 is 0. The number of aromatic nitrogens is 2. The molecule has 0 aliphatic heterocycles. The van der Waals surface area contributed by atoms with E-state index in [0.717, 1.165) is 23.4 Å². The SMILES string of the molecule is Cc1ccc2nc(-c3cccn3C)cc(C(=O)NCc3cccc(C(F)(F)F)c3)c2c1. The van der Waals surface area contributed by atoms with E-state index in [1.54, 1.807) is 12.1 Å². The van der Waals surface area contributed by atoms with Gasteiger partial charge in [0, 0.05) is 25.2 Å². The average Bonchev–Trinajstić information content (AvgIpc) is 3.16. The number of carbonyl (C=O) groups is 1. The first-order valence-electron chi connectivity index (χ1n) is 9.70. The molecule has 2 aromatic carbocycles. The standard InChI is InChI=1S/C24H20F3N3O/c1-15-8-9-20-18(11-15)19(13-21(29-20)22-7-4-10-30(22)2)23(31)28-14-16-5-3-6-17(12-16)24(25,26)27/h3-13H,14H2,1-2H3,(H,28,31). The summed E-state index contributed by atoms with van der Waals surface area (Å²) in [6.45, 7) is 1.91. The molecule has 0 unspecified atom stereocenters. The molecular formula is C24H20F3N3O. The third-order valence-electron chi connectivity index (χ3n) is 5.12. The lowest BCUT2D eigenvalue weighted by Gasteiger charge is -2.13. The van der Waals surface area contributed by atoms with Crippen molar-refractivity contribution in [2.45, 2.75) is 19.6 Å². The van der Waals surface area contributed by atoms with Crippen molar-refractivity contribution in [2.24, 2.45) is 7.05 Å². The maximum atomic E-state index is 13.1. The van der Waals surface area contributed by atoms with Crippen molar-refractivity contribution in [2.75, 3.05) is 0 Å². The van der Waals surface area contributed by atoms with E-state index in [1.165, 1.54) is 6.07 Å². The van der Waals surface area contributed by atoms with E-state index in [9.17, 15) is 18.0 Å². The van der Waals surface area contributed by atoms with E-state index in [2.05, 4.69) is 5.32 Å². The third-order valence-corrected chi connectivity index (χ3v) is 5.12. The van der Waals surface area contributed by atoms with Crippen LogP contribution >= 0.6 is 0 Å². The second-order valence-electron chi connectivity index (χ2n) is 7.46. The van der Waals surface area contributed by atoms with Gasteiger partial charge in [0.2, 0.25) is 0 Å². The van der Waals surface area contributed by atoms with Gasteiger partial charge in [0.05, 0.1) is 28.0 Å². The van der Waals surface area contributed by atoms with Crippen LogP contribution < -0.4 is 5.32 Å². The number of hydrogen-bond acceptors (Lipinski definition) is 2. The number of amides is 1. The number of nitrogens with zero attached hydrogens (tertiary/aromatic N) is 2. The Bertz CT molecular complexity index is 1270. The largest absolute Gasteiger partial charge is 0.416 e. The molecule has 2 heterocycles. The van der Waals surface area contributed by atoms with Crippen molar-refractivity contribution in [3.05, 3.63) is 89.1 Å². The van der Waals surface area contributed by atoms with Crippen LogP contribution in [0.4, 0.5) is 13.2 Å². The van der Waals surface area contributed by atoms with Crippen molar-refractivity contribution in [3.63, 3.8) is 0 Å². The molecule has 4 rings (SSSR count). The summed E-state index contributed by atoms with van der Waals surface area (Å²) in [6, 6.07) is 16.1. The smallest absolute Gasteiger partial charge is 0.349 e. The minimum atomic E-state index is -4.43. The van der Waals surface area contributed by atoms with Crippen LogP contribution in [0.5, 0.6) is 0 Å². The fourth-order valence-electron chi connectivity index (χ4n) is 3.52. The molecule has 1 N–H and O–H groups in total. The number of fused-ring (bicyclic) bond motifs is 1. The molecule has 0 atom stereocenters. The molecule has 0 aliphatic carbocycles. The molecule has 1 amide bonds. The van der Waals surface area contributed by atoms with E-state index in [0.29, 0.717) is 27.7 Å². The molecule has 31 heavy (non-hydrogen) atoms. The van der Waals surface area contributed by atoms with Gasteiger partial charge in [-0.3, -0.25) is 4.79 Å². The number of carbonyl (C=O) groups excluding carboxylic acids is 1. The molecule has 0 spiro atoms. The highest BCUT2D eigenvalue weighted by molar-refractivity contribution is 6.07. The fourth-order valence-corrected chi connectivity index (χ4v) is 3.52. The maximum absolute atomic E-state index is 13.1. The van der Waals surface area contributed by atoms with Crippen LogP contribution in [0.1, 0.15) is 27.0 Å². The van der Waals surface area contributed by atoms with Gasteiger partial charge in [0.1, 0.15) is 0 Å². The summed E-state index contributed by atoms with van der Waals surface area (Å²) in [6.07, 6.45) is -2.54. The Morgan fingerprint density at radius 3 is 2.58 bits per heavy atom. The summed E-state index contributed by atoms with van der Waals surface area (Å²) in [4.78, 5) is 17.8. The Morgan fingerprint density at radius 1 is 1.06 bits per heavy atom. The zero-order valence-electron chi connectivity index (χ0n) is 17.0. The lowest BCUT2D eigenvalue weighted by molar-refractivity contribution is -0.137. The van der Waals surface area contributed by atoms with Gasteiger partial charge >= 0.3 is 6.18 Å².